The van der Waals surface area contributed by atoms with E-state index in [1.807, 2.05) is 24.1 Å². The van der Waals surface area contributed by atoms with Gasteiger partial charge in [0.15, 0.2) is 0 Å². The van der Waals surface area contributed by atoms with Crippen molar-refractivity contribution in [3.63, 3.8) is 0 Å². The van der Waals surface area contributed by atoms with Gasteiger partial charge in [-0.05, 0) is 54.8 Å². The molecule has 1 fully saturated rings. The van der Waals surface area contributed by atoms with Gasteiger partial charge in [0.05, 0.1) is 6.54 Å². The predicted molar refractivity (Wildman–Crippen MR) is 102 cm³/mol. The Bertz CT molecular complexity index is 748. The van der Waals surface area contributed by atoms with E-state index in [0.29, 0.717) is 10.0 Å². The fourth-order valence-electron chi connectivity index (χ4n) is 3.90. The van der Waals surface area contributed by atoms with Gasteiger partial charge in [0.25, 0.3) is 0 Å². The summed E-state index contributed by atoms with van der Waals surface area (Å²) in [5.74, 6) is -0.793. The number of likely N-dealkylation sites (N-methyl/N-ethyl adjacent to an activating group) is 1. The molecule has 5 heteroatoms. The number of carbonyl (C=O) groups is 1. The van der Waals surface area contributed by atoms with E-state index in [1.165, 1.54) is 5.56 Å². The number of carboxylic acid groups (broad SMARTS) is 1. The minimum Gasteiger partial charge on any atom is -0.480 e. The molecule has 0 atom stereocenters. The fraction of sp³-hybridized carbons (Fsp3) is 0.350. The van der Waals surface area contributed by atoms with Crippen LogP contribution in [0.5, 0.6) is 0 Å². The van der Waals surface area contributed by atoms with Crippen LogP contribution in [0, 0.1) is 0 Å². The molecule has 3 nitrogen and oxygen atoms in total. The molecule has 0 saturated heterocycles. The van der Waals surface area contributed by atoms with Gasteiger partial charge < -0.3 is 5.11 Å². The lowest BCUT2D eigenvalue weighted by atomic mass is 9.85. The lowest BCUT2D eigenvalue weighted by molar-refractivity contribution is -0.139. The van der Waals surface area contributed by atoms with Gasteiger partial charge in [0, 0.05) is 15.6 Å². The summed E-state index contributed by atoms with van der Waals surface area (Å²) in [7, 11) is 1.91. The number of hydrogen-bond acceptors (Lipinski definition) is 2. The summed E-state index contributed by atoms with van der Waals surface area (Å²) in [6.07, 6.45) is 4.21. The first-order valence-electron chi connectivity index (χ1n) is 8.41. The monoisotopic (exact) mass is 377 g/mol. The Labute approximate surface area is 158 Å². The molecule has 0 unspecified atom stereocenters. The summed E-state index contributed by atoms with van der Waals surface area (Å²) in [6, 6.07) is 13.8. The van der Waals surface area contributed by atoms with E-state index in [4.69, 9.17) is 23.2 Å². The maximum atomic E-state index is 11.2. The van der Waals surface area contributed by atoms with Crippen molar-refractivity contribution in [3.05, 3.63) is 58.1 Å². The molecule has 2 aromatic rings. The van der Waals surface area contributed by atoms with Gasteiger partial charge in [0.1, 0.15) is 0 Å². The van der Waals surface area contributed by atoms with Crippen LogP contribution in [0.25, 0.3) is 11.1 Å². The highest BCUT2D eigenvalue weighted by Gasteiger charge is 2.39. The summed E-state index contributed by atoms with van der Waals surface area (Å²) in [5.41, 5.74) is 3.00. The molecule has 0 amide bonds. The largest absolute Gasteiger partial charge is 0.480 e. The molecule has 2 aromatic carbocycles. The zero-order valence-corrected chi connectivity index (χ0v) is 15.6. The molecule has 0 bridgehead atoms. The van der Waals surface area contributed by atoms with Crippen LogP contribution in [0.2, 0.25) is 10.0 Å². The number of benzene rings is 2. The minimum atomic E-state index is -0.793. The van der Waals surface area contributed by atoms with Crippen molar-refractivity contribution in [3.8, 4) is 11.1 Å². The normalized spacial score (nSPS) is 16.3. The molecular weight excluding hydrogens is 357 g/mol. The summed E-state index contributed by atoms with van der Waals surface area (Å²) < 4.78 is 0. The molecule has 0 aromatic heterocycles. The second-order valence-corrected chi connectivity index (χ2v) is 7.60. The Hall–Kier alpha value is -1.55. The molecule has 1 saturated carbocycles. The van der Waals surface area contributed by atoms with Crippen LogP contribution >= 0.6 is 23.2 Å². The van der Waals surface area contributed by atoms with Crippen molar-refractivity contribution in [2.45, 2.75) is 31.2 Å². The van der Waals surface area contributed by atoms with Crippen LogP contribution < -0.4 is 0 Å². The molecule has 1 N–H and O–H groups in total. The third kappa shape index (κ3) is 3.84. The number of rotatable bonds is 5. The molecule has 132 valence electrons. The van der Waals surface area contributed by atoms with Crippen LogP contribution in [-0.2, 0) is 10.3 Å². The second kappa shape index (κ2) is 7.36. The first-order chi connectivity index (χ1) is 11.9. The molecule has 25 heavy (non-hydrogen) atoms. The lowest BCUT2D eigenvalue weighted by Crippen LogP contribution is -2.44. The number of nitrogens with zero attached hydrogens (tertiary/aromatic N) is 1. The Morgan fingerprint density at radius 3 is 2.12 bits per heavy atom. The summed E-state index contributed by atoms with van der Waals surface area (Å²) in [5, 5.41) is 10.4. The van der Waals surface area contributed by atoms with Gasteiger partial charge in [-0.3, -0.25) is 9.69 Å². The first-order valence-corrected chi connectivity index (χ1v) is 9.16. The van der Waals surface area contributed by atoms with Gasteiger partial charge in [-0.25, -0.2) is 0 Å². The molecule has 0 aliphatic heterocycles. The number of halogens is 2. The van der Waals surface area contributed by atoms with Gasteiger partial charge in [0.2, 0.25) is 0 Å². The molecule has 1 aliphatic carbocycles. The van der Waals surface area contributed by atoms with Crippen LogP contribution in [0.1, 0.15) is 31.2 Å². The highest BCUT2D eigenvalue weighted by Crippen LogP contribution is 2.43. The molecule has 0 spiro atoms. The maximum Gasteiger partial charge on any atom is 0.317 e. The van der Waals surface area contributed by atoms with Gasteiger partial charge in [-0.15, -0.1) is 0 Å². The quantitative estimate of drug-likeness (QED) is 0.753. The Morgan fingerprint density at radius 2 is 1.60 bits per heavy atom. The fourth-order valence-corrected chi connectivity index (χ4v) is 4.42. The molecule has 0 heterocycles. The highest BCUT2D eigenvalue weighted by atomic mass is 35.5. The van der Waals surface area contributed by atoms with E-state index < -0.39 is 5.97 Å². The smallest absolute Gasteiger partial charge is 0.317 e. The third-order valence-corrected chi connectivity index (χ3v) is 5.59. The van der Waals surface area contributed by atoms with Crippen molar-refractivity contribution >= 4 is 29.2 Å². The second-order valence-electron chi connectivity index (χ2n) is 6.72. The van der Waals surface area contributed by atoms with Crippen molar-refractivity contribution < 1.29 is 9.90 Å². The molecule has 1 aliphatic rings. The summed E-state index contributed by atoms with van der Waals surface area (Å²) in [4.78, 5) is 13.2. The Morgan fingerprint density at radius 1 is 1.04 bits per heavy atom. The Kier molecular flexibility index (Phi) is 5.38. The predicted octanol–water partition coefficient (Wildman–Crippen LogP) is 5.45. The van der Waals surface area contributed by atoms with E-state index in [9.17, 15) is 9.90 Å². The molecule has 3 rings (SSSR count). The number of hydrogen-bond donors (Lipinski definition) is 1. The van der Waals surface area contributed by atoms with Gasteiger partial charge in [-0.1, -0.05) is 60.3 Å². The minimum absolute atomic E-state index is 0.0473. The van der Waals surface area contributed by atoms with E-state index in [-0.39, 0.29) is 12.1 Å². The average molecular weight is 378 g/mol. The highest BCUT2D eigenvalue weighted by molar-refractivity contribution is 6.35. The van der Waals surface area contributed by atoms with Crippen molar-refractivity contribution in [2.75, 3.05) is 13.6 Å². The third-order valence-electron chi connectivity index (χ3n) is 5.15. The van der Waals surface area contributed by atoms with Crippen LogP contribution in [0.3, 0.4) is 0 Å². The van der Waals surface area contributed by atoms with Crippen LogP contribution in [-0.4, -0.2) is 29.6 Å². The van der Waals surface area contributed by atoms with Crippen molar-refractivity contribution in [2.24, 2.45) is 0 Å². The van der Waals surface area contributed by atoms with Crippen molar-refractivity contribution in [1.29, 1.82) is 0 Å². The Balaban J connectivity index is 1.93. The zero-order valence-electron chi connectivity index (χ0n) is 14.1. The van der Waals surface area contributed by atoms with Crippen LogP contribution in [0.15, 0.2) is 42.5 Å². The van der Waals surface area contributed by atoms with E-state index in [2.05, 4.69) is 24.3 Å². The lowest BCUT2D eigenvalue weighted by Gasteiger charge is -2.38. The van der Waals surface area contributed by atoms with E-state index in [0.717, 1.165) is 36.8 Å². The topological polar surface area (TPSA) is 40.5 Å². The van der Waals surface area contributed by atoms with Crippen LogP contribution in [0.4, 0.5) is 0 Å². The summed E-state index contributed by atoms with van der Waals surface area (Å²) >= 11 is 12.2. The zero-order chi connectivity index (χ0) is 18.0. The van der Waals surface area contributed by atoms with Crippen molar-refractivity contribution in [1.82, 2.24) is 4.90 Å². The standard InChI is InChI=1S/C20H21Cl2NO2/c1-23(13-19(24)25)20(8-2-3-9-20)16-6-4-14(5-7-16)15-10-17(21)12-18(22)11-15/h4-7,10-12H,2-3,8-9,13H2,1H3,(H,24,25). The molecule has 0 radical (unpaired) electrons. The van der Waals surface area contributed by atoms with E-state index >= 15 is 0 Å². The first kappa shape index (κ1) is 18.2. The van der Waals surface area contributed by atoms with E-state index in [1.54, 1.807) is 6.07 Å². The summed E-state index contributed by atoms with van der Waals surface area (Å²) in [6.45, 7) is 0.0473. The maximum absolute atomic E-state index is 11.2. The van der Waals surface area contributed by atoms with Gasteiger partial charge in [-0.2, -0.15) is 0 Å². The number of aliphatic carboxylic acids is 1. The average Bonchev–Trinajstić information content (AvgIpc) is 3.04. The number of carboxylic acids is 1. The SMILES string of the molecule is CN(CC(=O)O)C1(c2ccc(-c3cc(Cl)cc(Cl)c3)cc2)CCCC1. The molecular formula is C20H21Cl2NO2. The van der Waals surface area contributed by atoms with Gasteiger partial charge >= 0.3 is 5.97 Å².